The van der Waals surface area contributed by atoms with Gasteiger partial charge in [-0.2, -0.15) is 0 Å². The van der Waals surface area contributed by atoms with Crippen LogP contribution in [-0.2, 0) is 19.5 Å². The maximum absolute atomic E-state index is 5.76. The van der Waals surface area contributed by atoms with E-state index in [9.17, 15) is 0 Å². The minimum absolute atomic E-state index is 0.617. The Morgan fingerprint density at radius 2 is 2.05 bits per heavy atom. The summed E-state index contributed by atoms with van der Waals surface area (Å²) in [5.41, 5.74) is 2.77. The highest BCUT2D eigenvalue weighted by Crippen LogP contribution is 2.23. The van der Waals surface area contributed by atoms with Crippen LogP contribution in [0, 0.1) is 5.92 Å². The van der Waals surface area contributed by atoms with Crippen LogP contribution in [0.2, 0.25) is 0 Å². The fourth-order valence-corrected chi connectivity index (χ4v) is 2.57. The first kappa shape index (κ1) is 14.1. The van der Waals surface area contributed by atoms with E-state index in [1.165, 1.54) is 11.1 Å². The topological polar surface area (TPSA) is 54.2 Å². The van der Waals surface area contributed by atoms with Gasteiger partial charge in [0.2, 0.25) is 5.89 Å². The molecule has 1 aliphatic heterocycles. The van der Waals surface area contributed by atoms with Crippen LogP contribution in [-0.4, -0.2) is 23.3 Å². The molecule has 5 heteroatoms. The zero-order valence-electron chi connectivity index (χ0n) is 12.7. The van der Waals surface area contributed by atoms with E-state index in [1.807, 2.05) is 0 Å². The number of rotatable bonds is 5. The van der Waals surface area contributed by atoms with Crippen LogP contribution in [0.15, 0.2) is 28.7 Å². The number of benzene rings is 1. The SMILES string of the molecule is CC(C)CNCc1nnc(N2CCc3ccccc3C2)o1. The highest BCUT2D eigenvalue weighted by atomic mass is 16.4. The normalized spacial score (nSPS) is 14.5. The van der Waals surface area contributed by atoms with E-state index >= 15 is 0 Å². The second-order valence-electron chi connectivity index (χ2n) is 5.94. The van der Waals surface area contributed by atoms with Crippen molar-refractivity contribution >= 4 is 6.01 Å². The molecule has 0 atom stereocenters. The Morgan fingerprint density at radius 1 is 1.24 bits per heavy atom. The standard InChI is InChI=1S/C16H22N4O/c1-12(2)9-17-10-15-18-19-16(21-15)20-8-7-13-5-3-4-6-14(13)11-20/h3-6,12,17H,7-11H2,1-2H3. The average Bonchev–Trinajstić information content (AvgIpc) is 2.95. The summed E-state index contributed by atoms with van der Waals surface area (Å²) in [5.74, 6) is 1.27. The molecule has 1 aliphatic rings. The van der Waals surface area contributed by atoms with Crippen molar-refractivity contribution in [1.29, 1.82) is 0 Å². The van der Waals surface area contributed by atoms with Gasteiger partial charge in [0.1, 0.15) is 0 Å². The second-order valence-corrected chi connectivity index (χ2v) is 5.94. The summed E-state index contributed by atoms with van der Waals surface area (Å²) in [5, 5.41) is 11.6. The molecule has 0 amide bonds. The summed E-state index contributed by atoms with van der Waals surface area (Å²) in [4.78, 5) is 2.15. The van der Waals surface area contributed by atoms with Crippen molar-refractivity contribution < 1.29 is 4.42 Å². The van der Waals surface area contributed by atoms with Crippen LogP contribution < -0.4 is 10.2 Å². The molecule has 0 saturated carbocycles. The summed E-state index contributed by atoms with van der Waals surface area (Å²) >= 11 is 0. The zero-order valence-corrected chi connectivity index (χ0v) is 12.7. The summed E-state index contributed by atoms with van der Waals surface area (Å²) in [7, 11) is 0. The molecule has 1 aromatic heterocycles. The van der Waals surface area contributed by atoms with Gasteiger partial charge in [0.05, 0.1) is 6.54 Å². The van der Waals surface area contributed by atoms with Gasteiger partial charge in [-0.05, 0) is 30.0 Å². The first-order valence-electron chi connectivity index (χ1n) is 7.57. The number of fused-ring (bicyclic) bond motifs is 1. The van der Waals surface area contributed by atoms with Gasteiger partial charge in [-0.15, -0.1) is 5.10 Å². The van der Waals surface area contributed by atoms with E-state index in [4.69, 9.17) is 4.42 Å². The molecule has 0 fully saturated rings. The molecule has 2 aromatic rings. The maximum Gasteiger partial charge on any atom is 0.318 e. The Morgan fingerprint density at radius 3 is 2.86 bits per heavy atom. The monoisotopic (exact) mass is 286 g/mol. The molecule has 21 heavy (non-hydrogen) atoms. The Bertz CT molecular complexity index is 593. The van der Waals surface area contributed by atoms with E-state index in [-0.39, 0.29) is 0 Å². The first-order valence-corrected chi connectivity index (χ1v) is 7.57. The van der Waals surface area contributed by atoms with E-state index in [0.29, 0.717) is 24.4 Å². The summed E-state index contributed by atoms with van der Waals surface area (Å²) < 4.78 is 5.76. The zero-order chi connectivity index (χ0) is 14.7. The third-order valence-corrected chi connectivity index (χ3v) is 3.69. The highest BCUT2D eigenvalue weighted by molar-refractivity contribution is 5.37. The molecule has 5 nitrogen and oxygen atoms in total. The summed E-state index contributed by atoms with van der Waals surface area (Å²) in [6.45, 7) is 7.72. The van der Waals surface area contributed by atoms with Crippen molar-refractivity contribution in [2.75, 3.05) is 18.0 Å². The lowest BCUT2D eigenvalue weighted by molar-refractivity contribution is 0.444. The quantitative estimate of drug-likeness (QED) is 0.914. The third-order valence-electron chi connectivity index (χ3n) is 3.69. The Balaban J connectivity index is 1.62. The summed E-state index contributed by atoms with van der Waals surface area (Å²) in [6.07, 6.45) is 1.03. The van der Waals surface area contributed by atoms with Gasteiger partial charge in [-0.1, -0.05) is 43.2 Å². The Kier molecular flexibility index (Phi) is 4.20. The predicted molar refractivity (Wildman–Crippen MR) is 82.0 cm³/mol. The number of anilines is 1. The van der Waals surface area contributed by atoms with Gasteiger partial charge in [0.25, 0.3) is 0 Å². The average molecular weight is 286 g/mol. The minimum atomic E-state index is 0.617. The number of aromatic nitrogens is 2. The van der Waals surface area contributed by atoms with Gasteiger partial charge in [0.15, 0.2) is 0 Å². The van der Waals surface area contributed by atoms with Crippen molar-refractivity contribution in [3.8, 4) is 0 Å². The Hall–Kier alpha value is -1.88. The predicted octanol–water partition coefficient (Wildman–Crippen LogP) is 2.38. The maximum atomic E-state index is 5.76. The molecule has 0 spiro atoms. The van der Waals surface area contributed by atoms with Gasteiger partial charge in [-0.3, -0.25) is 0 Å². The fourth-order valence-electron chi connectivity index (χ4n) is 2.57. The molecule has 1 N–H and O–H groups in total. The van der Waals surface area contributed by atoms with E-state index in [2.05, 4.69) is 58.5 Å². The number of hydrogen-bond donors (Lipinski definition) is 1. The van der Waals surface area contributed by atoms with Crippen LogP contribution in [0.5, 0.6) is 0 Å². The number of nitrogens with one attached hydrogen (secondary N) is 1. The van der Waals surface area contributed by atoms with Crippen LogP contribution in [0.3, 0.4) is 0 Å². The molecule has 1 aromatic carbocycles. The van der Waals surface area contributed by atoms with E-state index in [0.717, 1.165) is 26.1 Å². The number of hydrogen-bond acceptors (Lipinski definition) is 5. The molecule has 0 radical (unpaired) electrons. The molecule has 3 rings (SSSR count). The van der Waals surface area contributed by atoms with E-state index < -0.39 is 0 Å². The van der Waals surface area contributed by atoms with Gasteiger partial charge in [0, 0.05) is 13.1 Å². The van der Waals surface area contributed by atoms with E-state index in [1.54, 1.807) is 0 Å². The highest BCUT2D eigenvalue weighted by Gasteiger charge is 2.20. The summed E-state index contributed by atoms with van der Waals surface area (Å²) in [6, 6.07) is 9.17. The van der Waals surface area contributed by atoms with Gasteiger partial charge < -0.3 is 14.6 Å². The Labute approximate surface area is 125 Å². The van der Waals surface area contributed by atoms with Crippen LogP contribution >= 0.6 is 0 Å². The van der Waals surface area contributed by atoms with Crippen molar-refractivity contribution in [3.05, 3.63) is 41.3 Å². The largest absolute Gasteiger partial charge is 0.407 e. The third kappa shape index (κ3) is 3.42. The minimum Gasteiger partial charge on any atom is -0.407 e. The van der Waals surface area contributed by atoms with Gasteiger partial charge >= 0.3 is 6.01 Å². The second kappa shape index (κ2) is 6.26. The first-order chi connectivity index (χ1) is 10.2. The molecule has 0 saturated heterocycles. The molecular weight excluding hydrogens is 264 g/mol. The fraction of sp³-hybridized carbons (Fsp3) is 0.500. The molecule has 0 bridgehead atoms. The van der Waals surface area contributed by atoms with Crippen molar-refractivity contribution in [2.45, 2.75) is 33.4 Å². The van der Waals surface area contributed by atoms with Crippen LogP contribution in [0.1, 0.15) is 30.9 Å². The molecule has 2 heterocycles. The lowest BCUT2D eigenvalue weighted by Gasteiger charge is -2.26. The van der Waals surface area contributed by atoms with Crippen molar-refractivity contribution in [3.63, 3.8) is 0 Å². The van der Waals surface area contributed by atoms with Crippen LogP contribution in [0.25, 0.3) is 0 Å². The smallest absolute Gasteiger partial charge is 0.318 e. The lowest BCUT2D eigenvalue weighted by Crippen LogP contribution is -2.30. The van der Waals surface area contributed by atoms with Crippen molar-refractivity contribution in [2.24, 2.45) is 5.92 Å². The molecule has 0 unspecified atom stereocenters. The van der Waals surface area contributed by atoms with Gasteiger partial charge in [-0.25, -0.2) is 0 Å². The molecule has 0 aliphatic carbocycles. The lowest BCUT2D eigenvalue weighted by atomic mass is 10.0. The molecule has 112 valence electrons. The van der Waals surface area contributed by atoms with Crippen LogP contribution in [0.4, 0.5) is 6.01 Å². The molecular formula is C16H22N4O. The van der Waals surface area contributed by atoms with Crippen molar-refractivity contribution in [1.82, 2.24) is 15.5 Å². The number of nitrogens with zero attached hydrogens (tertiary/aromatic N) is 3.